The number of aromatic amines is 1. The highest BCUT2D eigenvalue weighted by molar-refractivity contribution is 5.81. The van der Waals surface area contributed by atoms with Gasteiger partial charge in [-0.05, 0) is 11.6 Å². The average molecular weight is 238 g/mol. The van der Waals surface area contributed by atoms with Crippen molar-refractivity contribution in [2.24, 2.45) is 0 Å². The second kappa shape index (κ2) is 4.98. The van der Waals surface area contributed by atoms with Gasteiger partial charge in [-0.2, -0.15) is 0 Å². The molecule has 4 nitrogen and oxygen atoms in total. The molecule has 0 fully saturated rings. The summed E-state index contributed by atoms with van der Waals surface area (Å²) in [6.45, 7) is 1.52. The summed E-state index contributed by atoms with van der Waals surface area (Å²) >= 11 is 0. The monoisotopic (exact) mass is 238 g/mol. The number of pyridine rings is 1. The fraction of sp³-hybridized carbons (Fsp3) is 0.143. The van der Waals surface area contributed by atoms with Gasteiger partial charge in [0.2, 0.25) is 0 Å². The van der Waals surface area contributed by atoms with Crippen molar-refractivity contribution in [1.82, 2.24) is 20.3 Å². The molecule has 3 aromatic rings. The van der Waals surface area contributed by atoms with Crippen molar-refractivity contribution in [3.8, 4) is 0 Å². The van der Waals surface area contributed by atoms with Gasteiger partial charge in [-0.1, -0.05) is 24.3 Å². The number of hydrogen-bond acceptors (Lipinski definition) is 3. The van der Waals surface area contributed by atoms with Crippen LogP contribution in [-0.2, 0) is 13.1 Å². The Labute approximate surface area is 105 Å². The smallest absolute Gasteiger partial charge is 0.120 e. The minimum atomic E-state index is 0.732. The number of hydrogen-bond donors (Lipinski definition) is 2. The van der Waals surface area contributed by atoms with E-state index in [1.54, 1.807) is 6.20 Å². The van der Waals surface area contributed by atoms with Crippen molar-refractivity contribution in [2.75, 3.05) is 0 Å². The van der Waals surface area contributed by atoms with Crippen LogP contribution in [0.2, 0.25) is 0 Å². The number of nitrogens with one attached hydrogen (secondary N) is 2. The topological polar surface area (TPSA) is 53.6 Å². The van der Waals surface area contributed by atoms with E-state index >= 15 is 0 Å². The number of para-hydroxylation sites is 1. The van der Waals surface area contributed by atoms with Gasteiger partial charge < -0.3 is 10.3 Å². The third kappa shape index (κ3) is 2.24. The molecule has 18 heavy (non-hydrogen) atoms. The fourth-order valence-electron chi connectivity index (χ4n) is 2.02. The Morgan fingerprint density at radius 1 is 1.00 bits per heavy atom. The normalized spacial score (nSPS) is 10.9. The molecule has 0 aliphatic rings. The van der Waals surface area contributed by atoms with Gasteiger partial charge in [-0.3, -0.25) is 4.98 Å². The van der Waals surface area contributed by atoms with Crippen molar-refractivity contribution in [3.05, 3.63) is 60.3 Å². The molecule has 2 heterocycles. The van der Waals surface area contributed by atoms with E-state index < -0.39 is 0 Å². The van der Waals surface area contributed by atoms with E-state index in [4.69, 9.17) is 0 Å². The van der Waals surface area contributed by atoms with E-state index in [9.17, 15) is 0 Å². The Balaban J connectivity index is 1.74. The second-order valence-electron chi connectivity index (χ2n) is 4.13. The van der Waals surface area contributed by atoms with Crippen LogP contribution in [0.4, 0.5) is 0 Å². The van der Waals surface area contributed by atoms with Crippen molar-refractivity contribution >= 4 is 10.9 Å². The predicted octanol–water partition coefficient (Wildman–Crippen LogP) is 2.25. The number of imidazole rings is 1. The van der Waals surface area contributed by atoms with Gasteiger partial charge >= 0.3 is 0 Å². The van der Waals surface area contributed by atoms with Crippen LogP contribution in [0.3, 0.4) is 0 Å². The number of rotatable bonds is 4. The summed E-state index contributed by atoms with van der Waals surface area (Å²) in [6.07, 6.45) is 5.42. The van der Waals surface area contributed by atoms with Crippen molar-refractivity contribution in [3.63, 3.8) is 0 Å². The van der Waals surface area contributed by atoms with Crippen molar-refractivity contribution in [2.45, 2.75) is 13.1 Å². The highest BCUT2D eigenvalue weighted by Gasteiger charge is 2.01. The van der Waals surface area contributed by atoms with Crippen molar-refractivity contribution < 1.29 is 0 Å². The zero-order valence-electron chi connectivity index (χ0n) is 9.93. The first-order valence-corrected chi connectivity index (χ1v) is 5.95. The van der Waals surface area contributed by atoms with E-state index in [-0.39, 0.29) is 0 Å². The molecule has 0 radical (unpaired) electrons. The zero-order chi connectivity index (χ0) is 12.2. The molecule has 0 saturated heterocycles. The average Bonchev–Trinajstić information content (AvgIpc) is 2.92. The van der Waals surface area contributed by atoms with Gasteiger partial charge in [0.05, 0.1) is 12.1 Å². The summed E-state index contributed by atoms with van der Waals surface area (Å²) in [5.74, 6) is 0.947. The SMILES string of the molecule is c1cnc2c(CNCc3ncc[nH]3)cccc2c1. The van der Waals surface area contributed by atoms with Crippen LogP contribution in [0.1, 0.15) is 11.4 Å². The first kappa shape index (κ1) is 10.9. The minimum absolute atomic E-state index is 0.732. The molecule has 0 aliphatic carbocycles. The Hall–Kier alpha value is -2.20. The molecule has 0 aliphatic heterocycles. The first-order chi connectivity index (χ1) is 8.93. The van der Waals surface area contributed by atoms with Crippen molar-refractivity contribution in [1.29, 1.82) is 0 Å². The van der Waals surface area contributed by atoms with Crippen LogP contribution in [0, 0.1) is 0 Å². The summed E-state index contributed by atoms with van der Waals surface area (Å²) < 4.78 is 0. The molecule has 1 aromatic carbocycles. The predicted molar refractivity (Wildman–Crippen MR) is 70.9 cm³/mol. The van der Waals surface area contributed by atoms with Gasteiger partial charge in [-0.25, -0.2) is 4.98 Å². The standard InChI is InChI=1S/C14H14N4/c1-3-11-5-2-6-18-14(11)12(4-1)9-15-10-13-16-7-8-17-13/h1-8,15H,9-10H2,(H,16,17). The fourth-order valence-corrected chi connectivity index (χ4v) is 2.02. The summed E-state index contributed by atoms with van der Waals surface area (Å²) in [6, 6.07) is 10.3. The number of H-pyrrole nitrogens is 1. The van der Waals surface area contributed by atoms with Crippen LogP contribution in [-0.4, -0.2) is 15.0 Å². The second-order valence-corrected chi connectivity index (χ2v) is 4.13. The maximum Gasteiger partial charge on any atom is 0.120 e. The molecule has 2 aromatic heterocycles. The molecule has 0 bridgehead atoms. The van der Waals surface area contributed by atoms with E-state index in [1.165, 1.54) is 10.9 Å². The van der Waals surface area contributed by atoms with Gasteiger partial charge in [0.15, 0.2) is 0 Å². The van der Waals surface area contributed by atoms with Crippen LogP contribution >= 0.6 is 0 Å². The molecule has 0 saturated carbocycles. The van der Waals surface area contributed by atoms with Gasteiger partial charge in [0.1, 0.15) is 5.82 Å². The molecule has 90 valence electrons. The number of aromatic nitrogens is 3. The Morgan fingerprint density at radius 3 is 2.83 bits per heavy atom. The number of benzene rings is 1. The van der Waals surface area contributed by atoms with Crippen LogP contribution in [0.25, 0.3) is 10.9 Å². The molecule has 0 atom stereocenters. The largest absolute Gasteiger partial charge is 0.348 e. The lowest BCUT2D eigenvalue weighted by molar-refractivity contribution is 0.671. The molecule has 4 heteroatoms. The molecule has 3 rings (SSSR count). The van der Waals surface area contributed by atoms with E-state index in [2.05, 4.69) is 44.5 Å². The quantitative estimate of drug-likeness (QED) is 0.733. The first-order valence-electron chi connectivity index (χ1n) is 5.95. The maximum absolute atomic E-state index is 4.43. The lowest BCUT2D eigenvalue weighted by Gasteiger charge is -2.06. The van der Waals surface area contributed by atoms with Crippen LogP contribution < -0.4 is 5.32 Å². The van der Waals surface area contributed by atoms with Gasteiger partial charge in [0.25, 0.3) is 0 Å². The molecular formula is C14H14N4. The van der Waals surface area contributed by atoms with E-state index in [1.807, 2.05) is 18.5 Å². The van der Waals surface area contributed by atoms with Gasteiger partial charge in [-0.15, -0.1) is 0 Å². The zero-order valence-corrected chi connectivity index (χ0v) is 9.93. The maximum atomic E-state index is 4.43. The Bertz CT molecular complexity index is 626. The summed E-state index contributed by atoms with van der Waals surface area (Å²) in [5.41, 5.74) is 2.27. The summed E-state index contributed by atoms with van der Waals surface area (Å²) in [7, 11) is 0. The number of fused-ring (bicyclic) bond motifs is 1. The highest BCUT2D eigenvalue weighted by atomic mass is 15.0. The summed E-state index contributed by atoms with van der Waals surface area (Å²) in [4.78, 5) is 11.7. The lowest BCUT2D eigenvalue weighted by Crippen LogP contribution is -2.14. The molecule has 0 spiro atoms. The third-order valence-electron chi connectivity index (χ3n) is 2.88. The van der Waals surface area contributed by atoms with Crippen LogP contribution in [0.5, 0.6) is 0 Å². The molecule has 0 unspecified atom stereocenters. The molecular weight excluding hydrogens is 224 g/mol. The lowest BCUT2D eigenvalue weighted by atomic mass is 10.1. The summed E-state index contributed by atoms with van der Waals surface area (Å²) in [5, 5.41) is 4.54. The Morgan fingerprint density at radius 2 is 1.94 bits per heavy atom. The van der Waals surface area contributed by atoms with E-state index in [0.29, 0.717) is 0 Å². The molecule has 2 N–H and O–H groups in total. The third-order valence-corrected chi connectivity index (χ3v) is 2.88. The van der Waals surface area contributed by atoms with Gasteiger partial charge in [0, 0.05) is 30.5 Å². The minimum Gasteiger partial charge on any atom is -0.348 e. The highest BCUT2D eigenvalue weighted by Crippen LogP contribution is 2.15. The molecule has 0 amide bonds. The van der Waals surface area contributed by atoms with E-state index in [0.717, 1.165) is 24.4 Å². The number of nitrogens with zero attached hydrogens (tertiary/aromatic N) is 2. The Kier molecular flexibility index (Phi) is 3.02. The van der Waals surface area contributed by atoms with Crippen LogP contribution in [0.15, 0.2) is 48.9 Å².